The number of likely N-dealkylation sites (N-methyl/N-ethyl adjacent to an activating group) is 1. The first-order valence-electron chi connectivity index (χ1n) is 5.24. The molecule has 0 bridgehead atoms. The van der Waals surface area contributed by atoms with E-state index < -0.39 is 0 Å². The van der Waals surface area contributed by atoms with Crippen molar-refractivity contribution >= 4 is 5.97 Å². The van der Waals surface area contributed by atoms with Gasteiger partial charge in [0, 0.05) is 0 Å². The average molecular weight is 201 g/mol. The summed E-state index contributed by atoms with van der Waals surface area (Å²) in [6.45, 7) is 8.88. The number of hydrogen-bond donors (Lipinski definition) is 1. The molecule has 0 saturated carbocycles. The van der Waals surface area contributed by atoms with Crippen molar-refractivity contribution in [1.82, 2.24) is 5.32 Å². The van der Waals surface area contributed by atoms with Gasteiger partial charge in [0.25, 0.3) is 0 Å². The molecule has 0 saturated heterocycles. The molecule has 0 aliphatic carbocycles. The summed E-state index contributed by atoms with van der Waals surface area (Å²) in [6, 6.07) is -0.157. The summed E-state index contributed by atoms with van der Waals surface area (Å²) in [5.74, 6) is -0.140. The van der Waals surface area contributed by atoms with Crippen molar-refractivity contribution < 1.29 is 9.53 Å². The molecular formula is C11H23NO2. The van der Waals surface area contributed by atoms with E-state index in [1.54, 1.807) is 7.05 Å². The molecule has 0 aromatic rings. The Bertz CT molecular complexity index is 169. The Balaban J connectivity index is 3.74. The number of carbonyl (C=O) groups excluding carboxylic acids is 1. The normalized spacial score (nSPS) is 13.8. The second kappa shape index (κ2) is 6.02. The Morgan fingerprint density at radius 2 is 2.00 bits per heavy atom. The predicted octanol–water partition coefficient (Wildman–Crippen LogP) is 1.96. The highest BCUT2D eigenvalue weighted by Crippen LogP contribution is 2.18. The summed E-state index contributed by atoms with van der Waals surface area (Å²) >= 11 is 0. The summed E-state index contributed by atoms with van der Waals surface area (Å²) in [6.07, 6.45) is 1.67. The van der Waals surface area contributed by atoms with Gasteiger partial charge < -0.3 is 10.1 Å². The van der Waals surface area contributed by atoms with E-state index in [1.165, 1.54) is 0 Å². The minimum Gasteiger partial charge on any atom is -0.465 e. The van der Waals surface area contributed by atoms with Crippen molar-refractivity contribution in [2.75, 3.05) is 13.7 Å². The van der Waals surface area contributed by atoms with Crippen molar-refractivity contribution in [1.29, 1.82) is 0 Å². The lowest BCUT2D eigenvalue weighted by atomic mass is 9.93. The Labute approximate surface area is 87.2 Å². The smallest absolute Gasteiger partial charge is 0.323 e. The maximum absolute atomic E-state index is 11.4. The van der Waals surface area contributed by atoms with E-state index in [4.69, 9.17) is 4.74 Å². The van der Waals surface area contributed by atoms with E-state index >= 15 is 0 Å². The van der Waals surface area contributed by atoms with Crippen LogP contribution in [-0.2, 0) is 9.53 Å². The van der Waals surface area contributed by atoms with Gasteiger partial charge in [0.1, 0.15) is 6.04 Å². The van der Waals surface area contributed by atoms with Crippen molar-refractivity contribution in [2.24, 2.45) is 5.41 Å². The zero-order chi connectivity index (χ0) is 11.2. The van der Waals surface area contributed by atoms with Gasteiger partial charge in [0.05, 0.1) is 6.61 Å². The molecular weight excluding hydrogens is 178 g/mol. The van der Waals surface area contributed by atoms with Crippen LogP contribution in [0.15, 0.2) is 0 Å². The molecule has 1 unspecified atom stereocenters. The maximum atomic E-state index is 11.4. The summed E-state index contributed by atoms with van der Waals surface area (Å²) < 4.78 is 5.16. The first-order valence-corrected chi connectivity index (χ1v) is 5.24. The average Bonchev–Trinajstić information content (AvgIpc) is 2.04. The summed E-state index contributed by atoms with van der Waals surface area (Å²) in [5, 5.41) is 2.92. The van der Waals surface area contributed by atoms with E-state index in [2.05, 4.69) is 26.1 Å². The second-order valence-corrected chi connectivity index (χ2v) is 4.73. The number of carbonyl (C=O) groups is 1. The Kier molecular flexibility index (Phi) is 5.77. The van der Waals surface area contributed by atoms with E-state index in [0.29, 0.717) is 6.61 Å². The predicted molar refractivity (Wildman–Crippen MR) is 58.2 cm³/mol. The third-order valence-corrected chi connectivity index (χ3v) is 2.14. The minimum atomic E-state index is -0.157. The van der Waals surface area contributed by atoms with Crippen molar-refractivity contribution in [3.8, 4) is 0 Å². The minimum absolute atomic E-state index is 0.140. The topological polar surface area (TPSA) is 38.3 Å². The lowest BCUT2D eigenvalue weighted by Crippen LogP contribution is -2.35. The molecule has 0 spiro atoms. The quantitative estimate of drug-likeness (QED) is 0.691. The molecule has 0 radical (unpaired) electrons. The van der Waals surface area contributed by atoms with Crippen LogP contribution >= 0.6 is 0 Å². The molecule has 0 heterocycles. The monoisotopic (exact) mass is 201 g/mol. The zero-order valence-corrected chi connectivity index (χ0v) is 10.0. The van der Waals surface area contributed by atoms with Gasteiger partial charge in [-0.05, 0) is 25.3 Å². The van der Waals surface area contributed by atoms with Gasteiger partial charge in [-0.25, -0.2) is 0 Å². The highest BCUT2D eigenvalue weighted by Gasteiger charge is 2.16. The third kappa shape index (κ3) is 5.97. The Morgan fingerprint density at radius 1 is 1.43 bits per heavy atom. The fourth-order valence-electron chi connectivity index (χ4n) is 1.05. The molecule has 1 atom stereocenters. The molecule has 3 heteroatoms. The van der Waals surface area contributed by atoms with Crippen LogP contribution in [0.5, 0.6) is 0 Å². The molecule has 0 rings (SSSR count). The van der Waals surface area contributed by atoms with E-state index in [1.807, 2.05) is 6.92 Å². The van der Waals surface area contributed by atoms with E-state index in [0.717, 1.165) is 12.8 Å². The van der Waals surface area contributed by atoms with Gasteiger partial charge in [-0.2, -0.15) is 0 Å². The van der Waals surface area contributed by atoms with Crippen LogP contribution in [-0.4, -0.2) is 25.7 Å². The second-order valence-electron chi connectivity index (χ2n) is 4.73. The molecule has 0 amide bonds. The first-order chi connectivity index (χ1) is 6.40. The van der Waals surface area contributed by atoms with Gasteiger partial charge in [-0.3, -0.25) is 4.79 Å². The van der Waals surface area contributed by atoms with Gasteiger partial charge >= 0.3 is 5.97 Å². The number of hydrogen-bond acceptors (Lipinski definition) is 3. The fraction of sp³-hybridized carbons (Fsp3) is 0.909. The standard InChI is InChI=1S/C11H23NO2/c1-6-9(12-5)10(13)14-8-7-11(2,3)4/h9,12H,6-8H2,1-5H3. The molecule has 0 aliphatic rings. The highest BCUT2D eigenvalue weighted by molar-refractivity contribution is 5.75. The van der Waals surface area contributed by atoms with Crippen molar-refractivity contribution in [2.45, 2.75) is 46.6 Å². The molecule has 3 nitrogen and oxygen atoms in total. The molecule has 14 heavy (non-hydrogen) atoms. The number of esters is 1. The number of rotatable bonds is 5. The van der Waals surface area contributed by atoms with Crippen LogP contribution in [0.4, 0.5) is 0 Å². The Hall–Kier alpha value is -0.570. The number of nitrogens with one attached hydrogen (secondary N) is 1. The molecule has 0 aliphatic heterocycles. The molecule has 0 fully saturated rings. The van der Waals surface area contributed by atoms with Crippen LogP contribution in [0.25, 0.3) is 0 Å². The largest absolute Gasteiger partial charge is 0.465 e. The van der Waals surface area contributed by atoms with Gasteiger partial charge in [0.15, 0.2) is 0 Å². The van der Waals surface area contributed by atoms with Crippen molar-refractivity contribution in [3.63, 3.8) is 0 Å². The van der Waals surface area contributed by atoms with Crippen LogP contribution in [0.3, 0.4) is 0 Å². The maximum Gasteiger partial charge on any atom is 0.323 e. The highest BCUT2D eigenvalue weighted by atomic mass is 16.5. The van der Waals surface area contributed by atoms with E-state index in [-0.39, 0.29) is 17.4 Å². The zero-order valence-electron chi connectivity index (χ0n) is 10.0. The lowest BCUT2D eigenvalue weighted by molar-refractivity contribution is -0.146. The van der Waals surface area contributed by atoms with E-state index in [9.17, 15) is 4.79 Å². The summed E-state index contributed by atoms with van der Waals surface area (Å²) in [5.41, 5.74) is 0.224. The first kappa shape index (κ1) is 13.4. The van der Waals surface area contributed by atoms with Crippen LogP contribution in [0.2, 0.25) is 0 Å². The van der Waals surface area contributed by atoms with Crippen LogP contribution < -0.4 is 5.32 Å². The van der Waals surface area contributed by atoms with Gasteiger partial charge in [0.2, 0.25) is 0 Å². The molecule has 1 N–H and O–H groups in total. The summed E-state index contributed by atoms with van der Waals surface area (Å²) in [7, 11) is 1.78. The van der Waals surface area contributed by atoms with Gasteiger partial charge in [-0.15, -0.1) is 0 Å². The SMILES string of the molecule is CCC(NC)C(=O)OCCC(C)(C)C. The molecule has 0 aromatic heterocycles. The third-order valence-electron chi connectivity index (χ3n) is 2.14. The van der Waals surface area contributed by atoms with Gasteiger partial charge in [-0.1, -0.05) is 27.7 Å². The van der Waals surface area contributed by atoms with Crippen LogP contribution in [0.1, 0.15) is 40.5 Å². The molecule has 0 aromatic carbocycles. The summed E-state index contributed by atoms with van der Waals surface area (Å²) in [4.78, 5) is 11.4. The van der Waals surface area contributed by atoms with Crippen LogP contribution in [0, 0.1) is 5.41 Å². The number of ether oxygens (including phenoxy) is 1. The Morgan fingerprint density at radius 3 is 2.36 bits per heavy atom. The van der Waals surface area contributed by atoms with Crippen molar-refractivity contribution in [3.05, 3.63) is 0 Å². The molecule has 84 valence electrons. The lowest BCUT2D eigenvalue weighted by Gasteiger charge is -2.19. The fourth-order valence-corrected chi connectivity index (χ4v) is 1.05.